The van der Waals surface area contributed by atoms with Gasteiger partial charge in [0.05, 0.1) is 6.54 Å². The highest BCUT2D eigenvalue weighted by Crippen LogP contribution is 2.29. The molecule has 2 aromatic rings. The average molecular weight is 388 g/mol. The number of amides is 2. The van der Waals surface area contributed by atoms with E-state index in [-0.39, 0.29) is 24.2 Å². The molecular weight excluding hydrogens is 363 g/mol. The molecule has 1 aliphatic rings. The maximum atomic E-state index is 14.2. The normalized spacial score (nSPS) is 12.7. The number of rotatable bonds is 8. The fourth-order valence-corrected chi connectivity index (χ4v) is 3.40. The van der Waals surface area contributed by atoms with Gasteiger partial charge in [-0.2, -0.15) is 5.10 Å². The number of para-hydroxylation sites is 1. The van der Waals surface area contributed by atoms with Gasteiger partial charge in [0.1, 0.15) is 11.5 Å². The summed E-state index contributed by atoms with van der Waals surface area (Å²) in [6.07, 6.45) is 3.07. The Morgan fingerprint density at radius 3 is 2.86 bits per heavy atom. The topological polar surface area (TPSA) is 76.5 Å². The number of halogens is 1. The Morgan fingerprint density at radius 1 is 1.32 bits per heavy atom. The van der Waals surface area contributed by atoms with Crippen molar-refractivity contribution in [2.24, 2.45) is 0 Å². The van der Waals surface area contributed by atoms with E-state index in [9.17, 15) is 14.0 Å². The predicted octanol–water partition coefficient (Wildman–Crippen LogP) is 1.72. The lowest BCUT2D eigenvalue weighted by atomic mass is 10.2. The van der Waals surface area contributed by atoms with Crippen LogP contribution in [0.25, 0.3) is 5.69 Å². The fraction of sp³-hybridized carbons (Fsp3) is 0.450. The zero-order chi connectivity index (χ0) is 20.1. The van der Waals surface area contributed by atoms with Crippen LogP contribution < -0.4 is 5.32 Å². The minimum Gasteiger partial charge on any atom is -0.385 e. The second-order valence-corrected chi connectivity index (χ2v) is 6.85. The van der Waals surface area contributed by atoms with Crippen LogP contribution >= 0.6 is 0 Å². The van der Waals surface area contributed by atoms with Crippen molar-refractivity contribution in [3.8, 4) is 5.69 Å². The number of hydrogen-bond donors (Lipinski definition) is 1. The number of nitrogens with one attached hydrogen (secondary N) is 1. The number of likely N-dealkylation sites (N-methyl/N-ethyl adjacent to an activating group) is 1. The molecule has 0 saturated carbocycles. The summed E-state index contributed by atoms with van der Waals surface area (Å²) < 4.78 is 20.7. The third-order valence-corrected chi connectivity index (χ3v) is 4.79. The first-order chi connectivity index (χ1) is 13.5. The Balaban J connectivity index is 1.75. The molecule has 2 amide bonds. The number of nitrogens with zero attached hydrogens (tertiary/aromatic N) is 3. The van der Waals surface area contributed by atoms with Crippen LogP contribution in [0.5, 0.6) is 0 Å². The van der Waals surface area contributed by atoms with Gasteiger partial charge in [0.25, 0.3) is 5.91 Å². The Hall–Kier alpha value is -2.74. The van der Waals surface area contributed by atoms with E-state index in [0.717, 1.165) is 30.5 Å². The van der Waals surface area contributed by atoms with Gasteiger partial charge in [0, 0.05) is 38.6 Å². The highest BCUT2D eigenvalue weighted by atomic mass is 19.1. The minimum atomic E-state index is -0.387. The zero-order valence-electron chi connectivity index (χ0n) is 16.2. The molecule has 0 unspecified atom stereocenters. The van der Waals surface area contributed by atoms with E-state index in [1.165, 1.54) is 15.6 Å². The van der Waals surface area contributed by atoms with Crippen molar-refractivity contribution in [2.45, 2.75) is 25.7 Å². The number of benzene rings is 1. The maximum absolute atomic E-state index is 14.2. The van der Waals surface area contributed by atoms with E-state index in [4.69, 9.17) is 4.74 Å². The maximum Gasteiger partial charge on any atom is 0.274 e. The highest BCUT2D eigenvalue weighted by Gasteiger charge is 2.29. The Morgan fingerprint density at radius 2 is 2.11 bits per heavy atom. The zero-order valence-corrected chi connectivity index (χ0v) is 16.2. The standard InChI is InChI=1S/C20H25FN4O3/c1-24(13-18(26)22-11-6-12-28-2)20(27)19-14-7-5-10-16(14)25(23-19)17-9-4-3-8-15(17)21/h3-4,8-9H,5-7,10-13H2,1-2H3,(H,22,26). The first kappa shape index (κ1) is 20.0. The molecule has 8 heteroatoms. The molecule has 1 aromatic carbocycles. The van der Waals surface area contributed by atoms with Gasteiger partial charge in [-0.1, -0.05) is 12.1 Å². The summed E-state index contributed by atoms with van der Waals surface area (Å²) in [4.78, 5) is 26.3. The molecule has 0 atom stereocenters. The Bertz CT molecular complexity index is 865. The van der Waals surface area contributed by atoms with Crippen molar-refractivity contribution in [1.82, 2.24) is 20.0 Å². The largest absolute Gasteiger partial charge is 0.385 e. The van der Waals surface area contributed by atoms with Gasteiger partial charge in [0.2, 0.25) is 5.91 Å². The van der Waals surface area contributed by atoms with E-state index in [1.54, 1.807) is 32.4 Å². The van der Waals surface area contributed by atoms with Crippen LogP contribution in [0.1, 0.15) is 34.6 Å². The van der Waals surface area contributed by atoms with Gasteiger partial charge < -0.3 is 15.0 Å². The molecule has 1 N–H and O–H groups in total. The van der Waals surface area contributed by atoms with Crippen molar-refractivity contribution in [2.75, 3.05) is 33.9 Å². The summed E-state index contributed by atoms with van der Waals surface area (Å²) in [6, 6.07) is 6.38. The summed E-state index contributed by atoms with van der Waals surface area (Å²) in [5.41, 5.74) is 2.34. The molecule has 0 radical (unpaired) electrons. The van der Waals surface area contributed by atoms with Gasteiger partial charge in [-0.05, 0) is 37.8 Å². The number of carbonyl (C=O) groups is 2. The van der Waals surface area contributed by atoms with E-state index in [2.05, 4.69) is 10.4 Å². The molecular formula is C20H25FN4O3. The number of aromatic nitrogens is 2. The first-order valence-electron chi connectivity index (χ1n) is 9.39. The van der Waals surface area contributed by atoms with Crippen LogP contribution in [0.2, 0.25) is 0 Å². The van der Waals surface area contributed by atoms with Gasteiger partial charge in [-0.25, -0.2) is 9.07 Å². The van der Waals surface area contributed by atoms with Crippen molar-refractivity contribution in [3.05, 3.63) is 47.0 Å². The third kappa shape index (κ3) is 4.22. The van der Waals surface area contributed by atoms with E-state index in [0.29, 0.717) is 31.0 Å². The van der Waals surface area contributed by atoms with Crippen LogP contribution in [-0.4, -0.2) is 60.3 Å². The van der Waals surface area contributed by atoms with E-state index in [1.807, 2.05) is 0 Å². The molecule has 150 valence electrons. The molecule has 1 aliphatic carbocycles. The number of ether oxygens (including phenoxy) is 1. The quantitative estimate of drug-likeness (QED) is 0.699. The van der Waals surface area contributed by atoms with Crippen molar-refractivity contribution in [1.29, 1.82) is 0 Å². The molecule has 3 rings (SSSR count). The van der Waals surface area contributed by atoms with Gasteiger partial charge in [0.15, 0.2) is 5.69 Å². The molecule has 0 bridgehead atoms. The second-order valence-electron chi connectivity index (χ2n) is 6.85. The fourth-order valence-electron chi connectivity index (χ4n) is 3.40. The number of methoxy groups -OCH3 is 1. The smallest absolute Gasteiger partial charge is 0.274 e. The Kier molecular flexibility index (Phi) is 6.41. The SMILES string of the molecule is COCCCNC(=O)CN(C)C(=O)c1nn(-c2ccccc2F)c2c1CCC2. The van der Waals surface area contributed by atoms with Gasteiger partial charge in [-0.3, -0.25) is 9.59 Å². The number of carbonyl (C=O) groups excluding carboxylic acids is 2. The molecule has 28 heavy (non-hydrogen) atoms. The molecule has 0 fully saturated rings. The molecule has 0 aliphatic heterocycles. The van der Waals surface area contributed by atoms with Crippen molar-refractivity contribution < 1.29 is 18.7 Å². The molecule has 0 saturated heterocycles. The average Bonchev–Trinajstić information content (AvgIpc) is 3.28. The highest BCUT2D eigenvalue weighted by molar-refractivity contribution is 5.96. The summed E-state index contributed by atoms with van der Waals surface area (Å²) in [6.45, 7) is 0.994. The van der Waals surface area contributed by atoms with Gasteiger partial charge in [-0.15, -0.1) is 0 Å². The molecule has 1 aromatic heterocycles. The lowest BCUT2D eigenvalue weighted by Gasteiger charge is -2.16. The molecule has 1 heterocycles. The predicted molar refractivity (Wildman–Crippen MR) is 102 cm³/mol. The van der Waals surface area contributed by atoms with Gasteiger partial charge >= 0.3 is 0 Å². The monoisotopic (exact) mass is 388 g/mol. The first-order valence-corrected chi connectivity index (χ1v) is 9.39. The Labute approximate surface area is 163 Å². The van der Waals surface area contributed by atoms with Crippen LogP contribution in [0.4, 0.5) is 4.39 Å². The molecule has 7 nitrogen and oxygen atoms in total. The summed E-state index contributed by atoms with van der Waals surface area (Å²) in [7, 11) is 3.17. The summed E-state index contributed by atoms with van der Waals surface area (Å²) in [5, 5.41) is 7.17. The van der Waals surface area contributed by atoms with E-state index < -0.39 is 0 Å². The van der Waals surface area contributed by atoms with Crippen LogP contribution in [0.3, 0.4) is 0 Å². The second kappa shape index (κ2) is 8.97. The van der Waals surface area contributed by atoms with Crippen molar-refractivity contribution in [3.63, 3.8) is 0 Å². The number of hydrogen-bond acceptors (Lipinski definition) is 4. The van der Waals surface area contributed by atoms with Crippen LogP contribution in [-0.2, 0) is 22.4 Å². The lowest BCUT2D eigenvalue weighted by molar-refractivity contribution is -0.121. The van der Waals surface area contributed by atoms with Crippen LogP contribution in [0.15, 0.2) is 24.3 Å². The van der Waals surface area contributed by atoms with Crippen LogP contribution in [0, 0.1) is 5.82 Å². The minimum absolute atomic E-state index is 0.0624. The lowest BCUT2D eigenvalue weighted by Crippen LogP contribution is -2.39. The van der Waals surface area contributed by atoms with E-state index >= 15 is 0 Å². The molecule has 0 spiro atoms. The third-order valence-electron chi connectivity index (χ3n) is 4.79. The summed E-state index contributed by atoms with van der Waals surface area (Å²) in [5.74, 6) is -0.958. The van der Waals surface area contributed by atoms with Crippen molar-refractivity contribution >= 4 is 11.8 Å². The summed E-state index contributed by atoms with van der Waals surface area (Å²) >= 11 is 0. The number of fused-ring (bicyclic) bond motifs is 1.